The monoisotopic (exact) mass is 192 g/mol. The van der Waals surface area contributed by atoms with Gasteiger partial charge in [-0.15, -0.1) is 0 Å². The van der Waals surface area contributed by atoms with E-state index >= 15 is 0 Å². The van der Waals surface area contributed by atoms with Crippen molar-refractivity contribution in [1.29, 1.82) is 0 Å². The van der Waals surface area contributed by atoms with E-state index in [0.717, 1.165) is 12.0 Å². The third kappa shape index (κ3) is 2.25. The highest BCUT2D eigenvalue weighted by Crippen LogP contribution is 2.12. The first-order valence-corrected chi connectivity index (χ1v) is 4.64. The predicted octanol–water partition coefficient (Wildman–Crippen LogP) is 1.06. The van der Waals surface area contributed by atoms with Gasteiger partial charge < -0.3 is 10.2 Å². The van der Waals surface area contributed by atoms with Crippen molar-refractivity contribution < 1.29 is 4.79 Å². The maximum Gasteiger partial charge on any atom is 0.210 e. The molecule has 0 radical (unpaired) electrons. The van der Waals surface area contributed by atoms with E-state index in [1.165, 1.54) is 0 Å². The van der Waals surface area contributed by atoms with Gasteiger partial charge in [-0.05, 0) is 18.7 Å². The molecule has 1 rings (SSSR count). The van der Waals surface area contributed by atoms with Crippen LogP contribution in [0, 0.1) is 0 Å². The van der Waals surface area contributed by atoms with Gasteiger partial charge in [-0.2, -0.15) is 0 Å². The van der Waals surface area contributed by atoms with E-state index in [0.29, 0.717) is 6.54 Å². The molecule has 2 atom stereocenters. The van der Waals surface area contributed by atoms with Gasteiger partial charge in [0.2, 0.25) is 6.41 Å². The van der Waals surface area contributed by atoms with E-state index in [-0.39, 0.29) is 12.1 Å². The van der Waals surface area contributed by atoms with Gasteiger partial charge in [0, 0.05) is 12.6 Å². The van der Waals surface area contributed by atoms with Crippen molar-refractivity contribution in [2.45, 2.75) is 19.0 Å². The topological polar surface area (TPSA) is 32.3 Å². The number of nitrogens with zero attached hydrogens (tertiary/aromatic N) is 1. The van der Waals surface area contributed by atoms with Gasteiger partial charge in [0.1, 0.15) is 0 Å². The Morgan fingerprint density at radius 1 is 1.71 bits per heavy atom. The van der Waals surface area contributed by atoms with Gasteiger partial charge in [0.15, 0.2) is 0 Å². The molecule has 0 spiro atoms. The second kappa shape index (κ2) is 4.65. The minimum atomic E-state index is 0.0684. The Hall–Kier alpha value is -1.51. The molecule has 0 aromatic heterocycles. The van der Waals surface area contributed by atoms with Crippen LogP contribution < -0.4 is 5.32 Å². The van der Waals surface area contributed by atoms with Crippen molar-refractivity contribution in [3.8, 4) is 0 Å². The molecule has 14 heavy (non-hydrogen) atoms. The number of hydrogen-bond donors (Lipinski definition) is 1. The molecule has 1 aliphatic heterocycles. The number of carbonyl (C=O) groups is 1. The summed E-state index contributed by atoms with van der Waals surface area (Å²) in [5.74, 6) is 0. The largest absolute Gasteiger partial charge is 0.383 e. The van der Waals surface area contributed by atoms with E-state index in [9.17, 15) is 4.79 Å². The van der Waals surface area contributed by atoms with E-state index in [4.69, 9.17) is 0 Å². The molecule has 3 nitrogen and oxygen atoms in total. The smallest absolute Gasteiger partial charge is 0.210 e. The summed E-state index contributed by atoms with van der Waals surface area (Å²) in [6.45, 7) is 10.2. The zero-order valence-electron chi connectivity index (χ0n) is 8.44. The average Bonchev–Trinajstić information content (AvgIpc) is 2.31. The fraction of sp³-hybridized carbons (Fsp3) is 0.364. The van der Waals surface area contributed by atoms with Crippen molar-refractivity contribution in [3.05, 3.63) is 37.1 Å². The Morgan fingerprint density at radius 3 is 3.00 bits per heavy atom. The van der Waals surface area contributed by atoms with Gasteiger partial charge in [-0.25, -0.2) is 0 Å². The van der Waals surface area contributed by atoms with Gasteiger partial charge >= 0.3 is 0 Å². The molecule has 0 saturated heterocycles. The maximum atomic E-state index is 10.8. The molecule has 0 aromatic rings. The first-order valence-electron chi connectivity index (χ1n) is 4.64. The van der Waals surface area contributed by atoms with Crippen LogP contribution in [0.4, 0.5) is 0 Å². The van der Waals surface area contributed by atoms with E-state index in [1.807, 2.05) is 19.1 Å². The average molecular weight is 192 g/mol. The van der Waals surface area contributed by atoms with Gasteiger partial charge in [0.25, 0.3) is 0 Å². The SMILES string of the molecule is C=CN[C@@H]1CN(C=O)[C@@H](C)C=CC1=C. The number of amides is 1. The van der Waals surface area contributed by atoms with Crippen LogP contribution in [0.3, 0.4) is 0 Å². The molecule has 0 bridgehead atoms. The van der Waals surface area contributed by atoms with Crippen LogP contribution in [0.1, 0.15) is 6.92 Å². The highest BCUT2D eigenvalue weighted by molar-refractivity contribution is 5.49. The lowest BCUT2D eigenvalue weighted by Crippen LogP contribution is -2.40. The molecule has 76 valence electrons. The second-order valence-electron chi connectivity index (χ2n) is 3.40. The molecule has 0 aromatic carbocycles. The van der Waals surface area contributed by atoms with Crippen molar-refractivity contribution in [1.82, 2.24) is 10.2 Å². The molecular formula is C11H16N2O. The summed E-state index contributed by atoms with van der Waals surface area (Å²) >= 11 is 0. The summed E-state index contributed by atoms with van der Waals surface area (Å²) in [6.07, 6.45) is 6.42. The Labute approximate surface area is 84.8 Å². The number of hydrogen-bond acceptors (Lipinski definition) is 2. The van der Waals surface area contributed by atoms with Crippen LogP contribution in [-0.2, 0) is 4.79 Å². The number of rotatable bonds is 3. The van der Waals surface area contributed by atoms with Crippen LogP contribution in [0.5, 0.6) is 0 Å². The summed E-state index contributed by atoms with van der Waals surface area (Å²) in [5, 5.41) is 3.07. The van der Waals surface area contributed by atoms with Crippen LogP contribution in [0.25, 0.3) is 0 Å². The van der Waals surface area contributed by atoms with Crippen molar-refractivity contribution in [2.24, 2.45) is 0 Å². The van der Waals surface area contributed by atoms with Crippen LogP contribution in [0.2, 0.25) is 0 Å². The highest BCUT2D eigenvalue weighted by Gasteiger charge is 2.19. The lowest BCUT2D eigenvalue weighted by Gasteiger charge is -2.25. The van der Waals surface area contributed by atoms with Gasteiger partial charge in [0.05, 0.1) is 6.04 Å². The minimum absolute atomic E-state index is 0.0684. The standard InChI is InChI=1S/C11H16N2O/c1-4-12-11-7-13(8-14)10(3)6-5-9(11)2/h4-6,8,10-12H,1-2,7H2,3H3/t10-,11+/m0/s1. The van der Waals surface area contributed by atoms with Gasteiger partial charge in [-0.3, -0.25) is 4.79 Å². The second-order valence-corrected chi connectivity index (χ2v) is 3.40. The lowest BCUT2D eigenvalue weighted by molar-refractivity contribution is -0.119. The predicted molar refractivity (Wildman–Crippen MR) is 57.6 cm³/mol. The zero-order chi connectivity index (χ0) is 10.6. The molecule has 0 saturated carbocycles. The Morgan fingerprint density at radius 2 is 2.43 bits per heavy atom. The summed E-state index contributed by atoms with van der Waals surface area (Å²) in [5.41, 5.74) is 0.973. The third-order valence-electron chi connectivity index (χ3n) is 2.41. The van der Waals surface area contributed by atoms with Crippen LogP contribution in [0.15, 0.2) is 37.1 Å². The third-order valence-corrected chi connectivity index (χ3v) is 2.41. The van der Waals surface area contributed by atoms with Crippen LogP contribution in [-0.4, -0.2) is 29.9 Å². The normalized spacial score (nSPS) is 26.9. The summed E-state index contributed by atoms with van der Waals surface area (Å²) in [7, 11) is 0. The molecule has 0 unspecified atom stereocenters. The molecule has 0 aliphatic carbocycles. The van der Waals surface area contributed by atoms with Crippen molar-refractivity contribution in [3.63, 3.8) is 0 Å². The number of nitrogens with one attached hydrogen (secondary N) is 1. The van der Waals surface area contributed by atoms with Gasteiger partial charge in [-0.1, -0.05) is 25.3 Å². The summed E-state index contributed by atoms with van der Waals surface area (Å²) in [4.78, 5) is 12.5. The lowest BCUT2D eigenvalue weighted by atomic mass is 10.1. The fourth-order valence-corrected chi connectivity index (χ4v) is 1.42. The molecule has 1 N–H and O–H groups in total. The Bertz CT molecular complexity index is 270. The molecule has 1 aliphatic rings. The molecule has 1 amide bonds. The number of carbonyl (C=O) groups excluding carboxylic acids is 1. The fourth-order valence-electron chi connectivity index (χ4n) is 1.42. The first kappa shape index (κ1) is 10.6. The van der Waals surface area contributed by atoms with E-state index < -0.39 is 0 Å². The molecule has 3 heteroatoms. The van der Waals surface area contributed by atoms with E-state index in [1.54, 1.807) is 11.1 Å². The Kier molecular flexibility index (Phi) is 3.51. The summed E-state index contributed by atoms with van der Waals surface area (Å²) in [6, 6.07) is 0.194. The van der Waals surface area contributed by atoms with Crippen LogP contribution >= 0.6 is 0 Å². The molecule has 0 fully saturated rings. The zero-order valence-corrected chi connectivity index (χ0v) is 8.44. The van der Waals surface area contributed by atoms with Crippen molar-refractivity contribution in [2.75, 3.05) is 6.54 Å². The molecule has 1 heterocycles. The summed E-state index contributed by atoms with van der Waals surface area (Å²) < 4.78 is 0. The first-order chi connectivity index (χ1) is 6.69. The van der Waals surface area contributed by atoms with E-state index in [2.05, 4.69) is 18.5 Å². The minimum Gasteiger partial charge on any atom is -0.383 e. The maximum absolute atomic E-state index is 10.8. The quantitative estimate of drug-likeness (QED) is 0.678. The molecular weight excluding hydrogens is 176 g/mol. The van der Waals surface area contributed by atoms with Crippen molar-refractivity contribution >= 4 is 6.41 Å². The Balaban J connectivity index is 2.79. The highest BCUT2D eigenvalue weighted by atomic mass is 16.1.